The maximum Gasteiger partial charge on any atom is 0.264 e. The van der Waals surface area contributed by atoms with Gasteiger partial charge in [-0.3, -0.25) is 13.9 Å². The van der Waals surface area contributed by atoms with E-state index >= 15 is 0 Å². The quantitative estimate of drug-likeness (QED) is 0.737. The van der Waals surface area contributed by atoms with Crippen LogP contribution < -0.4 is 13.9 Å². The largest absolute Gasteiger partial charge is 0.495 e. The van der Waals surface area contributed by atoms with Gasteiger partial charge in [-0.15, -0.1) is 0 Å². The lowest BCUT2D eigenvalue weighted by Gasteiger charge is -2.25. The van der Waals surface area contributed by atoms with E-state index in [0.717, 1.165) is 10.5 Å². The Morgan fingerprint density at radius 3 is 2.36 bits per heavy atom. The number of fused-ring (bicyclic) bond motifs is 1. The molecule has 146 valence electrons. The van der Waals surface area contributed by atoms with Gasteiger partial charge in [0, 0.05) is 18.9 Å². The molecule has 28 heavy (non-hydrogen) atoms. The van der Waals surface area contributed by atoms with E-state index in [2.05, 4.69) is 0 Å². The number of sulfonamides is 1. The maximum absolute atomic E-state index is 13.4. The van der Waals surface area contributed by atoms with Crippen LogP contribution in [0.1, 0.15) is 25.3 Å². The normalized spacial score (nSPS) is 19.3. The third kappa shape index (κ3) is 2.75. The number of amides is 2. The lowest BCUT2D eigenvalue weighted by Crippen LogP contribution is -2.36. The summed E-state index contributed by atoms with van der Waals surface area (Å²) < 4.78 is 33.5. The van der Waals surface area contributed by atoms with Crippen molar-refractivity contribution in [3.8, 4) is 5.75 Å². The molecule has 7 nitrogen and oxygen atoms in total. The Morgan fingerprint density at radius 1 is 1.00 bits per heavy atom. The molecule has 0 radical (unpaired) electrons. The van der Waals surface area contributed by atoms with Crippen molar-refractivity contribution >= 4 is 33.2 Å². The molecule has 2 aliphatic rings. The summed E-state index contributed by atoms with van der Waals surface area (Å²) >= 11 is 0. The number of methoxy groups -OCH3 is 1. The van der Waals surface area contributed by atoms with Crippen LogP contribution in [-0.2, 0) is 26.0 Å². The van der Waals surface area contributed by atoms with Gasteiger partial charge in [0.05, 0.1) is 23.4 Å². The van der Waals surface area contributed by atoms with Gasteiger partial charge in [-0.25, -0.2) is 13.3 Å². The van der Waals surface area contributed by atoms with Gasteiger partial charge in [0.25, 0.3) is 10.0 Å². The van der Waals surface area contributed by atoms with Crippen molar-refractivity contribution in [3.63, 3.8) is 0 Å². The molecule has 4 rings (SSSR count). The minimum atomic E-state index is -3.88. The Balaban J connectivity index is 1.82. The molecule has 0 aliphatic carbocycles. The van der Waals surface area contributed by atoms with Gasteiger partial charge in [0.2, 0.25) is 11.8 Å². The highest BCUT2D eigenvalue weighted by Gasteiger charge is 2.38. The monoisotopic (exact) mass is 400 g/mol. The van der Waals surface area contributed by atoms with E-state index in [-0.39, 0.29) is 47.0 Å². The van der Waals surface area contributed by atoms with E-state index in [9.17, 15) is 18.0 Å². The maximum atomic E-state index is 13.4. The summed E-state index contributed by atoms with van der Waals surface area (Å²) in [5.74, 6) is -0.451. The van der Waals surface area contributed by atoms with Crippen molar-refractivity contribution in [3.05, 3.63) is 48.0 Å². The Hall–Kier alpha value is -2.87. The zero-order valence-corrected chi connectivity index (χ0v) is 16.4. The summed E-state index contributed by atoms with van der Waals surface area (Å²) in [6, 6.07) is 11.4. The number of nitrogens with zero attached hydrogens (tertiary/aromatic N) is 2. The van der Waals surface area contributed by atoms with Crippen LogP contribution in [0.15, 0.2) is 47.4 Å². The van der Waals surface area contributed by atoms with Gasteiger partial charge in [-0.1, -0.05) is 18.2 Å². The van der Waals surface area contributed by atoms with Crippen molar-refractivity contribution in [1.82, 2.24) is 0 Å². The number of rotatable bonds is 4. The van der Waals surface area contributed by atoms with Crippen molar-refractivity contribution in [2.24, 2.45) is 0 Å². The lowest BCUT2D eigenvalue weighted by atomic mass is 10.1. The second kappa shape index (κ2) is 6.63. The van der Waals surface area contributed by atoms with Crippen LogP contribution in [0.25, 0.3) is 0 Å². The van der Waals surface area contributed by atoms with Gasteiger partial charge in [-0.05, 0) is 43.2 Å². The SMILES string of the molecule is COc1ccc(S(=O)(=O)N2c3ccccc3C[C@H]2C)cc1N1C(=O)CCC1=O. The number of anilines is 2. The molecule has 2 heterocycles. The van der Waals surface area contributed by atoms with Gasteiger partial charge >= 0.3 is 0 Å². The molecule has 0 bridgehead atoms. The zero-order valence-electron chi connectivity index (χ0n) is 15.6. The summed E-state index contributed by atoms with van der Waals surface area (Å²) in [6.07, 6.45) is 0.840. The fourth-order valence-corrected chi connectivity index (χ4v) is 5.58. The molecule has 1 fully saturated rings. The highest BCUT2D eigenvalue weighted by molar-refractivity contribution is 7.92. The second-order valence-corrected chi connectivity index (χ2v) is 8.75. The predicted octanol–water partition coefficient (Wildman–Crippen LogP) is 2.49. The molecule has 2 amide bonds. The molecular formula is C20H20N2O5S. The van der Waals surface area contributed by atoms with E-state index in [1.807, 2.05) is 19.1 Å². The molecular weight excluding hydrogens is 380 g/mol. The molecule has 1 atom stereocenters. The Kier molecular flexibility index (Phi) is 4.38. The molecule has 0 unspecified atom stereocenters. The average Bonchev–Trinajstić information content (AvgIpc) is 3.19. The molecule has 8 heteroatoms. The number of para-hydroxylation sites is 1. The van der Waals surface area contributed by atoms with Crippen LogP contribution in [0.3, 0.4) is 0 Å². The first-order chi connectivity index (χ1) is 13.3. The molecule has 2 aliphatic heterocycles. The standard InChI is InChI=1S/C20H20N2O5S/c1-13-11-14-5-3-4-6-16(14)22(13)28(25,26)15-7-8-18(27-2)17(12-15)21-19(23)9-10-20(21)24/h3-8,12-13H,9-11H2,1-2H3/t13-/m1/s1. The number of carbonyl (C=O) groups excluding carboxylic acids is 2. The zero-order chi connectivity index (χ0) is 20.1. The van der Waals surface area contributed by atoms with Crippen molar-refractivity contribution < 1.29 is 22.7 Å². The van der Waals surface area contributed by atoms with Crippen molar-refractivity contribution in [2.75, 3.05) is 16.3 Å². The predicted molar refractivity (Wildman–Crippen MR) is 104 cm³/mol. The molecule has 0 aromatic heterocycles. The third-order valence-electron chi connectivity index (χ3n) is 5.14. The second-order valence-electron chi connectivity index (χ2n) is 6.94. The van der Waals surface area contributed by atoms with E-state index in [1.54, 1.807) is 12.1 Å². The number of carbonyl (C=O) groups is 2. The van der Waals surface area contributed by atoms with Crippen LogP contribution in [0.4, 0.5) is 11.4 Å². The van der Waals surface area contributed by atoms with Crippen LogP contribution in [0, 0.1) is 0 Å². The molecule has 0 spiro atoms. The number of imide groups is 1. The van der Waals surface area contributed by atoms with Gasteiger partial charge in [-0.2, -0.15) is 0 Å². The number of ether oxygens (including phenoxy) is 1. The first kappa shape index (κ1) is 18.5. The Morgan fingerprint density at radius 2 is 1.68 bits per heavy atom. The van der Waals surface area contributed by atoms with Crippen LogP contribution in [0.2, 0.25) is 0 Å². The van der Waals surface area contributed by atoms with E-state index in [0.29, 0.717) is 12.1 Å². The van der Waals surface area contributed by atoms with Crippen LogP contribution in [-0.4, -0.2) is 33.4 Å². The highest BCUT2D eigenvalue weighted by Crippen LogP contribution is 2.39. The number of benzene rings is 2. The van der Waals surface area contributed by atoms with Crippen molar-refractivity contribution in [2.45, 2.75) is 37.1 Å². The molecule has 2 aromatic carbocycles. The Bertz CT molecular complexity index is 1060. The molecule has 2 aromatic rings. The molecule has 0 saturated carbocycles. The van der Waals surface area contributed by atoms with Crippen molar-refractivity contribution in [1.29, 1.82) is 0 Å². The Labute approximate surface area is 163 Å². The molecule has 0 N–H and O–H groups in total. The summed E-state index contributed by atoms with van der Waals surface area (Å²) in [4.78, 5) is 25.4. The summed E-state index contributed by atoms with van der Waals surface area (Å²) in [6.45, 7) is 1.86. The van der Waals surface area contributed by atoms with E-state index < -0.39 is 10.0 Å². The van der Waals surface area contributed by atoms with Gasteiger partial charge in [0.1, 0.15) is 5.75 Å². The summed E-state index contributed by atoms with van der Waals surface area (Å²) in [5.41, 5.74) is 1.79. The van der Waals surface area contributed by atoms with E-state index in [4.69, 9.17) is 4.74 Å². The van der Waals surface area contributed by atoms with Gasteiger partial charge < -0.3 is 4.74 Å². The van der Waals surface area contributed by atoms with E-state index in [1.165, 1.54) is 29.6 Å². The fraction of sp³-hybridized carbons (Fsp3) is 0.300. The average molecular weight is 400 g/mol. The summed E-state index contributed by atoms with van der Waals surface area (Å²) in [5, 5.41) is 0. The number of hydrogen-bond donors (Lipinski definition) is 0. The number of hydrogen-bond acceptors (Lipinski definition) is 5. The topological polar surface area (TPSA) is 84.0 Å². The highest BCUT2D eigenvalue weighted by atomic mass is 32.2. The fourth-order valence-electron chi connectivity index (χ4n) is 3.87. The first-order valence-electron chi connectivity index (χ1n) is 9.00. The smallest absolute Gasteiger partial charge is 0.264 e. The third-order valence-corrected chi connectivity index (χ3v) is 7.07. The van der Waals surface area contributed by atoms with Crippen LogP contribution >= 0.6 is 0 Å². The van der Waals surface area contributed by atoms with Crippen LogP contribution in [0.5, 0.6) is 5.75 Å². The first-order valence-corrected chi connectivity index (χ1v) is 10.4. The minimum Gasteiger partial charge on any atom is -0.495 e. The van der Waals surface area contributed by atoms with Gasteiger partial charge in [0.15, 0.2) is 0 Å². The minimum absolute atomic E-state index is 0.0133. The molecule has 1 saturated heterocycles. The lowest BCUT2D eigenvalue weighted by molar-refractivity contribution is -0.121. The summed E-state index contributed by atoms with van der Waals surface area (Å²) in [7, 11) is -2.47.